The summed E-state index contributed by atoms with van der Waals surface area (Å²) in [6.45, 7) is 4.24. The van der Waals surface area contributed by atoms with Gasteiger partial charge >= 0.3 is 5.97 Å². The Morgan fingerprint density at radius 1 is 1.21 bits per heavy atom. The molecule has 1 heterocycles. The summed E-state index contributed by atoms with van der Waals surface area (Å²) in [6, 6.07) is 11.8. The van der Waals surface area contributed by atoms with Crippen LogP contribution in [-0.4, -0.2) is 34.6 Å². The SMILES string of the molecule is CNc1ccc2c3c([nH]c2c1)C(C)(C)c1cc(SCCC(=O)O)ccc1C3=O. The molecule has 0 bridgehead atoms. The van der Waals surface area contributed by atoms with Crippen LogP contribution in [0.4, 0.5) is 5.69 Å². The zero-order valence-electron chi connectivity index (χ0n) is 16.1. The number of benzene rings is 2. The number of H-pyrrole nitrogens is 1. The number of rotatable bonds is 5. The number of carboxylic acids is 1. The Morgan fingerprint density at radius 3 is 2.71 bits per heavy atom. The Labute approximate surface area is 167 Å². The number of hydrogen-bond donors (Lipinski definition) is 3. The molecule has 0 saturated carbocycles. The van der Waals surface area contributed by atoms with Crippen LogP contribution in [0.3, 0.4) is 0 Å². The Kier molecular flexibility index (Phi) is 4.46. The van der Waals surface area contributed by atoms with E-state index in [4.69, 9.17) is 5.11 Å². The van der Waals surface area contributed by atoms with Gasteiger partial charge < -0.3 is 15.4 Å². The van der Waals surface area contributed by atoms with Crippen molar-refractivity contribution in [3.8, 4) is 0 Å². The number of aliphatic carboxylic acids is 1. The largest absolute Gasteiger partial charge is 0.481 e. The van der Waals surface area contributed by atoms with Gasteiger partial charge in [-0.25, -0.2) is 0 Å². The first kappa shape index (κ1) is 18.6. The van der Waals surface area contributed by atoms with E-state index < -0.39 is 5.97 Å². The quantitative estimate of drug-likeness (QED) is 0.549. The van der Waals surface area contributed by atoms with Gasteiger partial charge in [-0.05, 0) is 35.9 Å². The van der Waals surface area contributed by atoms with Crippen LogP contribution in [0.25, 0.3) is 10.9 Å². The highest BCUT2D eigenvalue weighted by molar-refractivity contribution is 7.99. The monoisotopic (exact) mass is 394 g/mol. The predicted molar refractivity (Wildman–Crippen MR) is 113 cm³/mol. The number of carbonyl (C=O) groups excluding carboxylic acids is 1. The Balaban J connectivity index is 1.81. The van der Waals surface area contributed by atoms with E-state index in [1.165, 1.54) is 11.8 Å². The van der Waals surface area contributed by atoms with Crippen molar-refractivity contribution < 1.29 is 14.7 Å². The predicted octanol–water partition coefficient (Wildman–Crippen LogP) is 4.65. The van der Waals surface area contributed by atoms with Crippen LogP contribution in [-0.2, 0) is 10.2 Å². The molecule has 4 rings (SSSR count). The van der Waals surface area contributed by atoms with Crippen LogP contribution in [0.5, 0.6) is 0 Å². The number of fused-ring (bicyclic) bond motifs is 4. The van der Waals surface area contributed by atoms with Crippen molar-refractivity contribution in [2.45, 2.75) is 30.6 Å². The van der Waals surface area contributed by atoms with Crippen LogP contribution in [0.1, 0.15) is 47.4 Å². The molecule has 0 fully saturated rings. The molecule has 0 saturated heterocycles. The average Bonchev–Trinajstić information content (AvgIpc) is 3.06. The minimum absolute atomic E-state index is 0.0369. The lowest BCUT2D eigenvalue weighted by atomic mass is 9.71. The van der Waals surface area contributed by atoms with Gasteiger partial charge in [-0.1, -0.05) is 19.9 Å². The molecule has 28 heavy (non-hydrogen) atoms. The number of anilines is 1. The van der Waals surface area contributed by atoms with Gasteiger partial charge in [0, 0.05) is 51.0 Å². The van der Waals surface area contributed by atoms with Gasteiger partial charge in [-0.2, -0.15) is 0 Å². The third-order valence-electron chi connectivity index (χ3n) is 5.43. The molecule has 1 aliphatic rings. The number of carbonyl (C=O) groups is 2. The molecule has 0 spiro atoms. The molecule has 0 radical (unpaired) electrons. The fourth-order valence-corrected chi connectivity index (χ4v) is 4.79. The van der Waals surface area contributed by atoms with Crippen LogP contribution in [0, 0.1) is 0 Å². The summed E-state index contributed by atoms with van der Waals surface area (Å²) >= 11 is 1.50. The van der Waals surface area contributed by atoms with E-state index in [9.17, 15) is 9.59 Å². The highest BCUT2D eigenvalue weighted by Gasteiger charge is 2.39. The van der Waals surface area contributed by atoms with Crippen LogP contribution < -0.4 is 5.32 Å². The van der Waals surface area contributed by atoms with E-state index in [0.29, 0.717) is 5.75 Å². The van der Waals surface area contributed by atoms with Crippen molar-refractivity contribution >= 4 is 40.1 Å². The zero-order chi connectivity index (χ0) is 20.1. The molecule has 1 aliphatic carbocycles. The summed E-state index contributed by atoms with van der Waals surface area (Å²) in [6.07, 6.45) is 0.115. The van der Waals surface area contributed by atoms with E-state index in [2.05, 4.69) is 24.1 Å². The molecule has 0 aliphatic heterocycles. The van der Waals surface area contributed by atoms with Gasteiger partial charge in [0.25, 0.3) is 0 Å². The van der Waals surface area contributed by atoms with E-state index in [0.717, 1.165) is 43.9 Å². The van der Waals surface area contributed by atoms with Crippen LogP contribution >= 0.6 is 11.8 Å². The molecule has 1 aromatic heterocycles. The molecule has 6 heteroatoms. The summed E-state index contributed by atoms with van der Waals surface area (Å²) in [5.74, 6) is -0.257. The standard InChI is InChI=1S/C22H22N2O3S/c1-22(2)16-11-13(28-9-8-18(25)26)5-7-14(16)20(27)19-15-6-4-12(23-3)10-17(15)24-21(19)22/h4-7,10-11,23-24H,8-9H2,1-3H3,(H,25,26). The lowest BCUT2D eigenvalue weighted by Crippen LogP contribution is -2.30. The van der Waals surface area contributed by atoms with E-state index in [1.54, 1.807) is 0 Å². The molecule has 2 aromatic carbocycles. The van der Waals surface area contributed by atoms with Crippen molar-refractivity contribution in [3.05, 3.63) is 58.8 Å². The lowest BCUT2D eigenvalue weighted by Gasteiger charge is -2.32. The summed E-state index contributed by atoms with van der Waals surface area (Å²) in [5.41, 5.74) is 4.96. The summed E-state index contributed by atoms with van der Waals surface area (Å²) in [7, 11) is 1.87. The molecular weight excluding hydrogens is 372 g/mol. The topological polar surface area (TPSA) is 82.2 Å². The van der Waals surface area contributed by atoms with Crippen molar-refractivity contribution in [2.75, 3.05) is 18.1 Å². The van der Waals surface area contributed by atoms with E-state index >= 15 is 0 Å². The van der Waals surface area contributed by atoms with Crippen molar-refractivity contribution in [1.82, 2.24) is 4.98 Å². The number of ketones is 1. The van der Waals surface area contributed by atoms with Gasteiger partial charge in [0.05, 0.1) is 12.0 Å². The highest BCUT2D eigenvalue weighted by atomic mass is 32.2. The minimum Gasteiger partial charge on any atom is -0.481 e. The highest BCUT2D eigenvalue weighted by Crippen LogP contribution is 2.44. The molecule has 0 unspecified atom stereocenters. The summed E-state index contributed by atoms with van der Waals surface area (Å²) < 4.78 is 0. The normalized spacial score (nSPS) is 14.6. The van der Waals surface area contributed by atoms with Gasteiger partial charge in [-0.3, -0.25) is 9.59 Å². The molecule has 144 valence electrons. The number of hydrogen-bond acceptors (Lipinski definition) is 4. The molecule has 3 N–H and O–H groups in total. The Morgan fingerprint density at radius 2 is 2.00 bits per heavy atom. The van der Waals surface area contributed by atoms with Crippen molar-refractivity contribution in [2.24, 2.45) is 0 Å². The number of nitrogens with one attached hydrogen (secondary N) is 2. The van der Waals surface area contributed by atoms with E-state index in [-0.39, 0.29) is 17.6 Å². The fourth-order valence-electron chi connectivity index (χ4n) is 3.91. The lowest BCUT2D eigenvalue weighted by molar-refractivity contribution is -0.136. The molecule has 3 aromatic rings. The van der Waals surface area contributed by atoms with E-state index in [1.807, 2.05) is 43.4 Å². The second kappa shape index (κ2) is 6.71. The first-order valence-corrected chi connectivity index (χ1v) is 10.2. The first-order chi connectivity index (χ1) is 13.3. The maximum atomic E-state index is 13.3. The number of carboxylic acid groups (broad SMARTS) is 1. The second-order valence-electron chi connectivity index (χ2n) is 7.54. The van der Waals surface area contributed by atoms with Crippen molar-refractivity contribution in [3.63, 3.8) is 0 Å². The third kappa shape index (κ3) is 2.88. The number of thioether (sulfide) groups is 1. The number of aromatic amines is 1. The minimum atomic E-state index is -0.801. The van der Waals surface area contributed by atoms with Crippen molar-refractivity contribution in [1.29, 1.82) is 0 Å². The fraction of sp³-hybridized carbons (Fsp3) is 0.273. The third-order valence-corrected chi connectivity index (χ3v) is 6.43. The smallest absolute Gasteiger partial charge is 0.304 e. The molecule has 5 nitrogen and oxygen atoms in total. The maximum absolute atomic E-state index is 13.3. The summed E-state index contributed by atoms with van der Waals surface area (Å²) in [5, 5.41) is 12.9. The first-order valence-electron chi connectivity index (χ1n) is 9.20. The Bertz CT molecular complexity index is 1110. The van der Waals surface area contributed by atoms with Gasteiger partial charge in [-0.15, -0.1) is 11.8 Å². The van der Waals surface area contributed by atoms with Crippen LogP contribution in [0.15, 0.2) is 41.3 Å². The van der Waals surface area contributed by atoms with Gasteiger partial charge in [0.2, 0.25) is 0 Å². The van der Waals surface area contributed by atoms with Gasteiger partial charge in [0.1, 0.15) is 0 Å². The zero-order valence-corrected chi connectivity index (χ0v) is 16.9. The Hall–Kier alpha value is -2.73. The maximum Gasteiger partial charge on any atom is 0.304 e. The van der Waals surface area contributed by atoms with Gasteiger partial charge in [0.15, 0.2) is 5.78 Å². The van der Waals surface area contributed by atoms with Crippen LogP contribution in [0.2, 0.25) is 0 Å². The molecule has 0 atom stereocenters. The average molecular weight is 394 g/mol. The number of aromatic nitrogens is 1. The second-order valence-corrected chi connectivity index (χ2v) is 8.71. The summed E-state index contributed by atoms with van der Waals surface area (Å²) in [4.78, 5) is 28.6. The molecular formula is C22H22N2O3S. The molecule has 0 amide bonds.